The molecular formula is C20H25Cl3N2. The molecule has 2 aromatic rings. The van der Waals surface area contributed by atoms with Gasteiger partial charge in [-0.2, -0.15) is 0 Å². The van der Waals surface area contributed by atoms with Crippen molar-refractivity contribution in [1.82, 2.24) is 10.2 Å². The molecule has 0 aliphatic carbocycles. The fourth-order valence-corrected chi connectivity index (χ4v) is 3.80. The second-order valence-corrected chi connectivity index (χ2v) is 7.63. The van der Waals surface area contributed by atoms with Gasteiger partial charge in [-0.15, -0.1) is 12.4 Å². The summed E-state index contributed by atoms with van der Waals surface area (Å²) in [5, 5.41) is 5.08. The molecule has 0 saturated carbocycles. The minimum atomic E-state index is 0. The molecule has 25 heavy (non-hydrogen) atoms. The molecule has 0 aromatic heterocycles. The van der Waals surface area contributed by atoms with Crippen LogP contribution in [0.5, 0.6) is 0 Å². The van der Waals surface area contributed by atoms with E-state index < -0.39 is 0 Å². The van der Waals surface area contributed by atoms with Crippen molar-refractivity contribution in [3.8, 4) is 0 Å². The van der Waals surface area contributed by atoms with Gasteiger partial charge in [-0.3, -0.25) is 4.90 Å². The third-order valence-electron chi connectivity index (χ3n) is 4.80. The van der Waals surface area contributed by atoms with Crippen molar-refractivity contribution in [2.24, 2.45) is 5.92 Å². The molecule has 1 N–H and O–H groups in total. The van der Waals surface area contributed by atoms with Crippen molar-refractivity contribution >= 4 is 35.6 Å². The Morgan fingerprint density at radius 1 is 0.920 bits per heavy atom. The zero-order valence-corrected chi connectivity index (χ0v) is 16.9. The Bertz CT molecular complexity index is 610. The number of benzene rings is 2. The Balaban J connectivity index is 0.00000225. The fraction of sp³-hybridized carbons (Fsp3) is 0.400. The first kappa shape index (κ1) is 20.5. The monoisotopic (exact) mass is 398 g/mol. The van der Waals surface area contributed by atoms with Crippen LogP contribution in [0.3, 0.4) is 0 Å². The maximum absolute atomic E-state index is 6.11. The zero-order chi connectivity index (χ0) is 17.1. The standard InChI is InChI=1S/C20H24Cl2N2.ClH/c1-14(2)19-13-23-11-12-24(19)20(15-3-7-17(21)8-4-15)16-5-9-18(22)10-6-16;/h3-10,14,19-20,23H,11-13H2,1-2H3;1H/t19-;/m0./s1. The van der Waals surface area contributed by atoms with Crippen LogP contribution in [-0.2, 0) is 0 Å². The first-order valence-electron chi connectivity index (χ1n) is 8.53. The molecule has 0 spiro atoms. The number of hydrogen-bond donors (Lipinski definition) is 1. The molecule has 3 rings (SSSR count). The SMILES string of the molecule is CC(C)[C@@H]1CNCCN1C(c1ccc(Cl)cc1)c1ccc(Cl)cc1.Cl. The second-order valence-electron chi connectivity index (χ2n) is 6.76. The number of nitrogens with zero attached hydrogens (tertiary/aromatic N) is 1. The molecule has 136 valence electrons. The molecule has 0 amide bonds. The van der Waals surface area contributed by atoms with Crippen molar-refractivity contribution in [1.29, 1.82) is 0 Å². The first-order valence-corrected chi connectivity index (χ1v) is 9.29. The smallest absolute Gasteiger partial charge is 0.0605 e. The molecule has 1 aliphatic heterocycles. The summed E-state index contributed by atoms with van der Waals surface area (Å²) in [4.78, 5) is 2.62. The van der Waals surface area contributed by atoms with E-state index in [1.807, 2.05) is 24.3 Å². The third kappa shape index (κ3) is 4.90. The van der Waals surface area contributed by atoms with Crippen LogP contribution in [0.4, 0.5) is 0 Å². The van der Waals surface area contributed by atoms with E-state index >= 15 is 0 Å². The fourth-order valence-electron chi connectivity index (χ4n) is 3.55. The van der Waals surface area contributed by atoms with Crippen molar-refractivity contribution in [3.05, 3.63) is 69.7 Å². The van der Waals surface area contributed by atoms with E-state index in [-0.39, 0.29) is 18.4 Å². The molecule has 1 atom stereocenters. The normalized spacial score (nSPS) is 18.4. The molecule has 0 radical (unpaired) electrons. The van der Waals surface area contributed by atoms with Gasteiger partial charge in [-0.1, -0.05) is 61.3 Å². The van der Waals surface area contributed by atoms with E-state index in [1.165, 1.54) is 11.1 Å². The van der Waals surface area contributed by atoms with Gasteiger partial charge in [0.05, 0.1) is 6.04 Å². The van der Waals surface area contributed by atoms with Crippen LogP contribution in [-0.4, -0.2) is 30.6 Å². The summed E-state index contributed by atoms with van der Waals surface area (Å²) in [5.74, 6) is 0.583. The first-order chi connectivity index (χ1) is 11.6. The van der Waals surface area contributed by atoms with Crippen molar-refractivity contribution in [2.75, 3.05) is 19.6 Å². The maximum atomic E-state index is 6.11. The second kappa shape index (κ2) is 9.25. The molecular weight excluding hydrogens is 375 g/mol. The summed E-state index contributed by atoms with van der Waals surface area (Å²) in [6.45, 7) is 7.66. The largest absolute Gasteiger partial charge is 0.314 e. The van der Waals surface area contributed by atoms with E-state index in [1.54, 1.807) is 0 Å². The molecule has 2 aromatic carbocycles. The Morgan fingerprint density at radius 3 is 1.84 bits per heavy atom. The number of halogens is 3. The molecule has 2 nitrogen and oxygen atoms in total. The summed E-state index contributed by atoms with van der Waals surface area (Å²) in [6, 6.07) is 17.2. The van der Waals surface area contributed by atoms with Crippen molar-refractivity contribution in [2.45, 2.75) is 25.9 Å². The van der Waals surface area contributed by atoms with Gasteiger partial charge >= 0.3 is 0 Å². The molecule has 1 fully saturated rings. The molecule has 0 unspecified atom stereocenters. The summed E-state index contributed by atoms with van der Waals surface area (Å²) < 4.78 is 0. The highest BCUT2D eigenvalue weighted by Gasteiger charge is 2.32. The van der Waals surface area contributed by atoms with Gasteiger partial charge in [0.2, 0.25) is 0 Å². The number of hydrogen-bond acceptors (Lipinski definition) is 2. The maximum Gasteiger partial charge on any atom is 0.0605 e. The van der Waals surface area contributed by atoms with E-state index in [0.717, 1.165) is 29.7 Å². The lowest BCUT2D eigenvalue weighted by atomic mass is 9.91. The summed E-state index contributed by atoms with van der Waals surface area (Å²) in [7, 11) is 0. The Labute approximate surface area is 166 Å². The number of rotatable bonds is 4. The van der Waals surface area contributed by atoms with Crippen LogP contribution < -0.4 is 5.32 Å². The molecule has 5 heteroatoms. The van der Waals surface area contributed by atoms with E-state index in [2.05, 4.69) is 48.3 Å². The Morgan fingerprint density at radius 2 is 1.40 bits per heavy atom. The van der Waals surface area contributed by atoms with Gasteiger partial charge in [0.1, 0.15) is 0 Å². The van der Waals surface area contributed by atoms with Gasteiger partial charge in [-0.05, 0) is 41.3 Å². The average molecular weight is 400 g/mol. The lowest BCUT2D eigenvalue weighted by Gasteiger charge is -2.44. The van der Waals surface area contributed by atoms with Gasteiger partial charge in [0, 0.05) is 35.7 Å². The van der Waals surface area contributed by atoms with E-state index in [0.29, 0.717) is 12.0 Å². The highest BCUT2D eigenvalue weighted by Crippen LogP contribution is 2.33. The minimum absolute atomic E-state index is 0. The Kier molecular flexibility index (Phi) is 7.60. The van der Waals surface area contributed by atoms with Crippen LogP contribution in [0.15, 0.2) is 48.5 Å². The predicted molar refractivity (Wildman–Crippen MR) is 110 cm³/mol. The molecule has 1 heterocycles. The van der Waals surface area contributed by atoms with Gasteiger partial charge in [0.15, 0.2) is 0 Å². The summed E-state index contributed by atoms with van der Waals surface area (Å²) in [6.07, 6.45) is 0. The zero-order valence-electron chi connectivity index (χ0n) is 14.6. The number of nitrogens with one attached hydrogen (secondary N) is 1. The van der Waals surface area contributed by atoms with Crippen LogP contribution >= 0.6 is 35.6 Å². The van der Waals surface area contributed by atoms with Crippen LogP contribution in [0.1, 0.15) is 31.0 Å². The van der Waals surface area contributed by atoms with E-state index in [4.69, 9.17) is 23.2 Å². The lowest BCUT2D eigenvalue weighted by molar-refractivity contribution is 0.0933. The minimum Gasteiger partial charge on any atom is -0.314 e. The number of piperazine rings is 1. The molecule has 0 bridgehead atoms. The average Bonchev–Trinajstić information content (AvgIpc) is 2.59. The van der Waals surface area contributed by atoms with Crippen LogP contribution in [0.25, 0.3) is 0 Å². The molecule has 1 aliphatic rings. The van der Waals surface area contributed by atoms with Gasteiger partial charge in [0.25, 0.3) is 0 Å². The van der Waals surface area contributed by atoms with Crippen molar-refractivity contribution < 1.29 is 0 Å². The van der Waals surface area contributed by atoms with Gasteiger partial charge in [-0.25, -0.2) is 0 Å². The van der Waals surface area contributed by atoms with Crippen LogP contribution in [0, 0.1) is 5.92 Å². The predicted octanol–water partition coefficient (Wildman–Crippen LogP) is 5.43. The van der Waals surface area contributed by atoms with Crippen LogP contribution in [0.2, 0.25) is 10.0 Å². The third-order valence-corrected chi connectivity index (χ3v) is 5.30. The quantitative estimate of drug-likeness (QED) is 0.737. The van der Waals surface area contributed by atoms with E-state index in [9.17, 15) is 0 Å². The molecule has 1 saturated heterocycles. The summed E-state index contributed by atoms with van der Waals surface area (Å²) in [5.41, 5.74) is 2.54. The lowest BCUT2D eigenvalue weighted by Crippen LogP contribution is -2.54. The highest BCUT2D eigenvalue weighted by molar-refractivity contribution is 6.30. The Hall–Kier alpha value is -0.770. The topological polar surface area (TPSA) is 15.3 Å². The summed E-state index contributed by atoms with van der Waals surface area (Å²) >= 11 is 12.2. The van der Waals surface area contributed by atoms with Crippen molar-refractivity contribution in [3.63, 3.8) is 0 Å². The highest BCUT2D eigenvalue weighted by atomic mass is 35.5. The van der Waals surface area contributed by atoms with Gasteiger partial charge < -0.3 is 5.32 Å².